The molecule has 1 aliphatic rings. The maximum absolute atomic E-state index is 12.1. The van der Waals surface area contributed by atoms with Crippen LogP contribution in [0.15, 0.2) is 0 Å². The zero-order valence-corrected chi connectivity index (χ0v) is 10.4. The molecule has 0 saturated carbocycles. The van der Waals surface area contributed by atoms with Crippen LogP contribution in [-0.4, -0.2) is 60.5 Å². The van der Waals surface area contributed by atoms with Crippen LogP contribution in [0.4, 0.5) is 0 Å². The second kappa shape index (κ2) is 6.67. The lowest BCUT2D eigenvalue weighted by atomic mass is 9.90. The van der Waals surface area contributed by atoms with Crippen LogP contribution in [0, 0.1) is 0 Å². The number of aliphatic hydroxyl groups is 1. The van der Waals surface area contributed by atoms with Gasteiger partial charge in [0.05, 0.1) is 0 Å². The van der Waals surface area contributed by atoms with Gasteiger partial charge in [0.2, 0.25) is 0 Å². The molecule has 7 heteroatoms. The Hall–Kier alpha value is -1.18. The Balaban J connectivity index is 2.68. The number of carbonyl (C=O) groups excluding carboxylic acids is 1. The molecule has 0 bridgehead atoms. The Bertz CT molecular complexity index is 302. The predicted molar refractivity (Wildman–Crippen MR) is 63.1 cm³/mol. The van der Waals surface area contributed by atoms with Crippen LogP contribution in [0.5, 0.6) is 0 Å². The van der Waals surface area contributed by atoms with Gasteiger partial charge in [-0.05, 0) is 25.9 Å². The number of aliphatic hydroxyl groups excluding tert-OH is 1. The van der Waals surface area contributed by atoms with Crippen LogP contribution in [0.1, 0.15) is 19.3 Å². The highest BCUT2D eigenvalue weighted by Gasteiger charge is 2.41. The fraction of sp³-hybridized carbons (Fsp3) is 0.818. The first-order valence-corrected chi connectivity index (χ1v) is 5.96. The van der Waals surface area contributed by atoms with E-state index < -0.39 is 23.5 Å². The molecule has 1 heterocycles. The summed E-state index contributed by atoms with van der Waals surface area (Å²) in [5, 5.41) is 23.2. The second-order valence-electron chi connectivity index (χ2n) is 4.32. The van der Waals surface area contributed by atoms with Gasteiger partial charge >= 0.3 is 5.97 Å². The first kappa shape index (κ1) is 14.9. The van der Waals surface area contributed by atoms with Crippen molar-refractivity contribution in [1.29, 1.82) is 0 Å². The lowest BCUT2D eigenvalue weighted by molar-refractivity contribution is -0.152. The Morgan fingerprint density at radius 1 is 1.44 bits per heavy atom. The number of carbonyl (C=O) groups is 2. The molecular formula is C11H20N2O5. The molecule has 104 valence electrons. The van der Waals surface area contributed by atoms with E-state index in [2.05, 4.69) is 10.6 Å². The Morgan fingerprint density at radius 3 is 2.50 bits per heavy atom. The van der Waals surface area contributed by atoms with Crippen LogP contribution in [0.2, 0.25) is 0 Å². The predicted octanol–water partition coefficient (Wildman–Crippen LogP) is -1.29. The molecule has 0 aliphatic carbocycles. The molecule has 0 radical (unpaired) electrons. The molecular weight excluding hydrogens is 240 g/mol. The number of amides is 1. The molecule has 0 aromatic carbocycles. The first-order valence-electron chi connectivity index (χ1n) is 5.96. The van der Waals surface area contributed by atoms with Gasteiger partial charge in [-0.2, -0.15) is 0 Å². The lowest BCUT2D eigenvalue weighted by Gasteiger charge is -2.35. The molecule has 18 heavy (non-hydrogen) atoms. The van der Waals surface area contributed by atoms with E-state index in [1.54, 1.807) is 0 Å². The van der Waals surface area contributed by atoms with E-state index in [1.165, 1.54) is 7.11 Å². The minimum atomic E-state index is -1.16. The maximum Gasteiger partial charge on any atom is 0.326 e. The van der Waals surface area contributed by atoms with Crippen molar-refractivity contribution in [2.24, 2.45) is 0 Å². The zero-order chi connectivity index (χ0) is 13.6. The highest BCUT2D eigenvalue weighted by Crippen LogP contribution is 2.22. The molecule has 1 saturated heterocycles. The summed E-state index contributed by atoms with van der Waals surface area (Å²) in [5.74, 6) is -1.58. The number of nitrogens with one attached hydrogen (secondary N) is 2. The van der Waals surface area contributed by atoms with Crippen LogP contribution < -0.4 is 10.6 Å². The molecule has 1 fully saturated rings. The van der Waals surface area contributed by atoms with Crippen molar-refractivity contribution in [3.8, 4) is 0 Å². The van der Waals surface area contributed by atoms with Gasteiger partial charge in [0.25, 0.3) is 5.91 Å². The van der Waals surface area contributed by atoms with E-state index in [9.17, 15) is 9.59 Å². The zero-order valence-electron chi connectivity index (χ0n) is 10.4. The highest BCUT2D eigenvalue weighted by atomic mass is 16.5. The second-order valence-corrected chi connectivity index (χ2v) is 4.32. The average Bonchev–Trinajstić information content (AvgIpc) is 2.38. The van der Waals surface area contributed by atoms with Gasteiger partial charge < -0.3 is 25.6 Å². The molecule has 1 aliphatic heterocycles. The molecule has 1 atom stereocenters. The number of hydrogen-bond donors (Lipinski definition) is 4. The number of carboxylic acids is 1. The van der Waals surface area contributed by atoms with Crippen molar-refractivity contribution < 1.29 is 24.5 Å². The van der Waals surface area contributed by atoms with Crippen molar-refractivity contribution in [1.82, 2.24) is 10.6 Å². The summed E-state index contributed by atoms with van der Waals surface area (Å²) in [5.41, 5.74) is -0.964. The third-order valence-electron chi connectivity index (χ3n) is 3.24. The summed E-state index contributed by atoms with van der Waals surface area (Å²) in [6.45, 7) is 1.01. The number of aliphatic carboxylic acids is 1. The highest BCUT2D eigenvalue weighted by molar-refractivity contribution is 5.89. The van der Waals surface area contributed by atoms with Gasteiger partial charge in [-0.3, -0.25) is 4.79 Å². The van der Waals surface area contributed by atoms with Gasteiger partial charge in [0.15, 0.2) is 0 Å². The molecule has 0 unspecified atom stereocenters. The molecule has 0 aromatic rings. The minimum Gasteiger partial charge on any atom is -0.480 e. The average molecular weight is 260 g/mol. The third kappa shape index (κ3) is 3.41. The van der Waals surface area contributed by atoms with Gasteiger partial charge in [-0.15, -0.1) is 0 Å². The summed E-state index contributed by atoms with van der Waals surface area (Å²) in [7, 11) is 1.45. The van der Waals surface area contributed by atoms with E-state index in [0.717, 1.165) is 0 Å². The molecule has 1 amide bonds. The minimum absolute atomic E-state index is 0.0148. The van der Waals surface area contributed by atoms with Gasteiger partial charge in [-0.1, -0.05) is 0 Å². The lowest BCUT2D eigenvalue weighted by Crippen LogP contribution is -2.57. The van der Waals surface area contributed by atoms with E-state index in [0.29, 0.717) is 25.9 Å². The van der Waals surface area contributed by atoms with Crippen molar-refractivity contribution in [2.75, 3.05) is 26.8 Å². The van der Waals surface area contributed by atoms with Gasteiger partial charge in [0.1, 0.15) is 11.6 Å². The number of ether oxygens (including phenoxy) is 1. The normalized spacial score (nSPS) is 20.1. The SMILES string of the molecule is COC1(C(=O)N[C@H](CCO)C(=O)O)CCNCC1. The summed E-state index contributed by atoms with van der Waals surface area (Å²) < 4.78 is 5.29. The van der Waals surface area contributed by atoms with Crippen molar-refractivity contribution in [3.05, 3.63) is 0 Å². The van der Waals surface area contributed by atoms with E-state index in [1.807, 2.05) is 0 Å². The summed E-state index contributed by atoms with van der Waals surface area (Å²) >= 11 is 0. The van der Waals surface area contributed by atoms with Crippen LogP contribution >= 0.6 is 0 Å². The van der Waals surface area contributed by atoms with Crippen molar-refractivity contribution in [3.63, 3.8) is 0 Å². The summed E-state index contributed by atoms with van der Waals surface area (Å²) in [6.07, 6.45) is 0.987. The van der Waals surface area contributed by atoms with Crippen LogP contribution in [-0.2, 0) is 14.3 Å². The van der Waals surface area contributed by atoms with Crippen molar-refractivity contribution in [2.45, 2.75) is 30.9 Å². The quantitative estimate of drug-likeness (QED) is 0.473. The Morgan fingerprint density at radius 2 is 2.06 bits per heavy atom. The van der Waals surface area contributed by atoms with Crippen LogP contribution in [0.3, 0.4) is 0 Å². The fourth-order valence-corrected chi connectivity index (χ4v) is 2.03. The monoisotopic (exact) mass is 260 g/mol. The standard InChI is InChI=1S/C11H20N2O5/c1-18-11(3-5-12-6-4-11)10(17)13-8(2-7-14)9(15)16/h8,12,14H,2-7H2,1H3,(H,13,17)(H,15,16)/t8-/m1/s1. The topological polar surface area (TPSA) is 108 Å². The molecule has 7 nitrogen and oxygen atoms in total. The van der Waals surface area contributed by atoms with Gasteiger partial charge in [-0.25, -0.2) is 4.79 Å². The summed E-state index contributed by atoms with van der Waals surface area (Å²) in [6, 6.07) is -1.08. The molecule has 1 rings (SSSR count). The number of carboxylic acid groups (broad SMARTS) is 1. The van der Waals surface area contributed by atoms with Gasteiger partial charge in [0, 0.05) is 20.1 Å². The third-order valence-corrected chi connectivity index (χ3v) is 3.24. The molecule has 0 aromatic heterocycles. The molecule has 0 spiro atoms. The smallest absolute Gasteiger partial charge is 0.326 e. The number of methoxy groups -OCH3 is 1. The summed E-state index contributed by atoms with van der Waals surface area (Å²) in [4.78, 5) is 23.1. The largest absolute Gasteiger partial charge is 0.480 e. The number of hydrogen-bond acceptors (Lipinski definition) is 5. The van der Waals surface area contributed by atoms with E-state index in [4.69, 9.17) is 14.9 Å². The van der Waals surface area contributed by atoms with E-state index in [-0.39, 0.29) is 13.0 Å². The maximum atomic E-state index is 12.1. The Kier molecular flexibility index (Phi) is 5.52. The first-order chi connectivity index (χ1) is 8.55. The van der Waals surface area contributed by atoms with Crippen molar-refractivity contribution >= 4 is 11.9 Å². The Labute approximate surface area is 106 Å². The molecule has 4 N–H and O–H groups in total. The fourth-order valence-electron chi connectivity index (χ4n) is 2.03. The van der Waals surface area contributed by atoms with E-state index >= 15 is 0 Å². The number of piperidine rings is 1. The van der Waals surface area contributed by atoms with Crippen LogP contribution in [0.25, 0.3) is 0 Å². The number of rotatable bonds is 6.